The second kappa shape index (κ2) is 9.98. The van der Waals surface area contributed by atoms with Crippen molar-refractivity contribution in [2.75, 3.05) is 42.9 Å². The molecule has 1 N–H and O–H groups in total. The Morgan fingerprint density at radius 3 is 2.18 bits per heavy atom. The minimum atomic E-state index is -4.41. The minimum absolute atomic E-state index is 0.339. The van der Waals surface area contributed by atoms with Crippen molar-refractivity contribution < 1.29 is 18.0 Å². The Morgan fingerprint density at radius 2 is 1.56 bits per heavy atom. The molecule has 0 unspecified atom stereocenters. The van der Waals surface area contributed by atoms with Crippen molar-refractivity contribution >= 4 is 17.3 Å². The fraction of sp³-hybridized carbons (Fsp3) is 0.231. The number of benzene rings is 3. The van der Waals surface area contributed by atoms with E-state index < -0.39 is 11.7 Å². The molecule has 174 valence electrons. The monoisotopic (exact) mass is 464 g/mol. The first-order chi connectivity index (χ1) is 16.3. The zero-order valence-electron chi connectivity index (χ0n) is 18.3. The largest absolute Gasteiger partial charge is 0.416 e. The number of carbonyl (C=O) groups excluding carboxylic acids is 1. The summed E-state index contributed by atoms with van der Waals surface area (Å²) in [7, 11) is 0. The highest BCUT2D eigenvalue weighted by Crippen LogP contribution is 2.32. The summed E-state index contributed by atoms with van der Waals surface area (Å²) in [5, 5.41) is 11.7. The topological polar surface area (TPSA) is 59.4 Å². The van der Waals surface area contributed by atoms with Gasteiger partial charge in [0, 0.05) is 43.1 Å². The lowest BCUT2D eigenvalue weighted by Crippen LogP contribution is -2.46. The van der Waals surface area contributed by atoms with Crippen molar-refractivity contribution in [3.8, 4) is 17.2 Å². The van der Waals surface area contributed by atoms with E-state index in [-0.39, 0.29) is 5.91 Å². The lowest BCUT2D eigenvalue weighted by atomic mass is 9.98. The SMILES string of the molecule is N#CCN1CCN(c2ccc(NC(=O)c3ccccc3-c3ccc(C(F)(F)F)cc3)cc2)CC1. The number of hydrogen-bond acceptors (Lipinski definition) is 4. The average molecular weight is 464 g/mol. The number of carbonyl (C=O) groups is 1. The second-order valence-corrected chi connectivity index (χ2v) is 8.04. The number of rotatable bonds is 5. The van der Waals surface area contributed by atoms with Crippen molar-refractivity contribution in [2.24, 2.45) is 0 Å². The molecule has 1 aliphatic rings. The first-order valence-electron chi connectivity index (χ1n) is 10.9. The van der Waals surface area contributed by atoms with E-state index in [1.165, 1.54) is 12.1 Å². The van der Waals surface area contributed by atoms with Gasteiger partial charge in [0.1, 0.15) is 0 Å². The van der Waals surface area contributed by atoms with Crippen LogP contribution in [0.1, 0.15) is 15.9 Å². The van der Waals surface area contributed by atoms with Gasteiger partial charge < -0.3 is 10.2 Å². The molecule has 1 heterocycles. The van der Waals surface area contributed by atoms with Crippen molar-refractivity contribution in [1.82, 2.24) is 4.90 Å². The van der Waals surface area contributed by atoms with E-state index in [4.69, 9.17) is 5.26 Å². The molecule has 0 bridgehead atoms. The van der Waals surface area contributed by atoms with Crippen LogP contribution < -0.4 is 10.2 Å². The van der Waals surface area contributed by atoms with Gasteiger partial charge in [0.05, 0.1) is 18.2 Å². The molecule has 0 aromatic heterocycles. The number of alkyl halides is 3. The molecule has 34 heavy (non-hydrogen) atoms. The maximum Gasteiger partial charge on any atom is 0.416 e. The van der Waals surface area contributed by atoms with Gasteiger partial charge >= 0.3 is 6.18 Å². The molecule has 3 aromatic rings. The van der Waals surface area contributed by atoms with E-state index in [0.29, 0.717) is 28.9 Å². The second-order valence-electron chi connectivity index (χ2n) is 8.04. The molecular formula is C26H23F3N4O. The molecule has 5 nitrogen and oxygen atoms in total. The van der Waals surface area contributed by atoms with Crippen LogP contribution in [-0.2, 0) is 6.18 Å². The van der Waals surface area contributed by atoms with Crippen LogP contribution in [0.15, 0.2) is 72.8 Å². The number of halogens is 3. The van der Waals surface area contributed by atoms with E-state index in [9.17, 15) is 18.0 Å². The Bertz CT molecular complexity index is 1180. The molecular weight excluding hydrogens is 441 g/mol. The smallest absolute Gasteiger partial charge is 0.369 e. The third-order valence-corrected chi connectivity index (χ3v) is 5.85. The number of amides is 1. The molecule has 3 aromatic carbocycles. The van der Waals surface area contributed by atoms with Gasteiger partial charge in [-0.3, -0.25) is 9.69 Å². The number of nitriles is 1. The fourth-order valence-corrected chi connectivity index (χ4v) is 3.99. The Balaban J connectivity index is 1.45. The Hall–Kier alpha value is -3.83. The molecule has 1 fully saturated rings. The van der Waals surface area contributed by atoms with Gasteiger partial charge in [0.25, 0.3) is 5.91 Å². The number of anilines is 2. The summed E-state index contributed by atoms with van der Waals surface area (Å²) >= 11 is 0. The van der Waals surface area contributed by atoms with E-state index in [2.05, 4.69) is 21.2 Å². The van der Waals surface area contributed by atoms with E-state index in [1.54, 1.807) is 24.3 Å². The number of nitrogens with zero attached hydrogens (tertiary/aromatic N) is 3. The highest BCUT2D eigenvalue weighted by molar-refractivity contribution is 6.08. The lowest BCUT2D eigenvalue weighted by molar-refractivity contribution is -0.137. The molecule has 4 rings (SSSR count). The molecule has 0 atom stereocenters. The zero-order valence-corrected chi connectivity index (χ0v) is 18.3. The van der Waals surface area contributed by atoms with Gasteiger partial charge in [-0.15, -0.1) is 0 Å². The van der Waals surface area contributed by atoms with E-state index in [0.717, 1.165) is 44.0 Å². The van der Waals surface area contributed by atoms with Crippen molar-refractivity contribution in [1.29, 1.82) is 5.26 Å². The van der Waals surface area contributed by atoms with Crippen LogP contribution >= 0.6 is 0 Å². The van der Waals surface area contributed by atoms with Crippen LogP contribution in [-0.4, -0.2) is 43.5 Å². The van der Waals surface area contributed by atoms with Crippen LogP contribution in [0.3, 0.4) is 0 Å². The van der Waals surface area contributed by atoms with Gasteiger partial charge in [-0.2, -0.15) is 18.4 Å². The van der Waals surface area contributed by atoms with Crippen LogP contribution in [0.4, 0.5) is 24.5 Å². The minimum Gasteiger partial charge on any atom is -0.369 e. The highest BCUT2D eigenvalue weighted by atomic mass is 19.4. The van der Waals surface area contributed by atoms with Gasteiger partial charge in [-0.1, -0.05) is 30.3 Å². The molecule has 8 heteroatoms. The lowest BCUT2D eigenvalue weighted by Gasteiger charge is -2.35. The Labute approximate surface area is 196 Å². The van der Waals surface area contributed by atoms with Gasteiger partial charge in [-0.05, 0) is 53.6 Å². The maximum absolute atomic E-state index is 13.0. The first kappa shape index (κ1) is 23.3. The predicted octanol–water partition coefficient (Wildman–Crippen LogP) is 5.27. The fourth-order valence-electron chi connectivity index (χ4n) is 3.99. The van der Waals surface area contributed by atoms with Crippen molar-refractivity contribution in [3.63, 3.8) is 0 Å². The standard InChI is InChI=1S/C26H23F3N4O/c27-26(28,29)20-7-5-19(6-8-20)23-3-1-2-4-24(23)25(34)31-21-9-11-22(12-10-21)33-17-15-32(14-13-30)16-18-33/h1-12H,14-18H2,(H,31,34). The van der Waals surface area contributed by atoms with Gasteiger partial charge in [0.2, 0.25) is 0 Å². The van der Waals surface area contributed by atoms with Crippen LogP contribution in [0.2, 0.25) is 0 Å². The summed E-state index contributed by atoms with van der Waals surface area (Å²) in [6.45, 7) is 3.74. The number of nitrogens with one attached hydrogen (secondary N) is 1. The number of piperazine rings is 1. The normalized spacial score (nSPS) is 14.5. The summed E-state index contributed by atoms with van der Waals surface area (Å²) in [4.78, 5) is 17.3. The molecule has 1 amide bonds. The van der Waals surface area contributed by atoms with Crippen LogP contribution in [0, 0.1) is 11.3 Å². The van der Waals surface area contributed by atoms with Gasteiger partial charge in [0.15, 0.2) is 0 Å². The average Bonchev–Trinajstić information content (AvgIpc) is 2.85. The summed E-state index contributed by atoms with van der Waals surface area (Å²) in [5.41, 5.74) is 2.40. The molecule has 1 saturated heterocycles. The quantitative estimate of drug-likeness (QED) is 0.523. The highest BCUT2D eigenvalue weighted by Gasteiger charge is 2.30. The summed E-state index contributed by atoms with van der Waals surface area (Å²) in [6, 6.07) is 21.3. The molecule has 1 aliphatic heterocycles. The van der Waals surface area contributed by atoms with Crippen LogP contribution in [0.5, 0.6) is 0 Å². The third-order valence-electron chi connectivity index (χ3n) is 5.85. The Kier molecular flexibility index (Phi) is 6.85. The molecule has 0 saturated carbocycles. The predicted molar refractivity (Wildman–Crippen MR) is 126 cm³/mol. The Morgan fingerprint density at radius 1 is 0.912 bits per heavy atom. The summed E-state index contributed by atoms with van der Waals surface area (Å²) in [5.74, 6) is -0.339. The maximum atomic E-state index is 13.0. The van der Waals surface area contributed by atoms with Crippen molar-refractivity contribution in [3.05, 3.63) is 83.9 Å². The van der Waals surface area contributed by atoms with Crippen LogP contribution in [0.25, 0.3) is 11.1 Å². The molecule has 0 aliphatic carbocycles. The van der Waals surface area contributed by atoms with E-state index in [1.807, 2.05) is 24.3 Å². The van der Waals surface area contributed by atoms with E-state index >= 15 is 0 Å². The molecule has 0 radical (unpaired) electrons. The molecule has 0 spiro atoms. The van der Waals surface area contributed by atoms with Crippen molar-refractivity contribution in [2.45, 2.75) is 6.18 Å². The third kappa shape index (κ3) is 5.38. The number of hydrogen-bond donors (Lipinski definition) is 1. The van der Waals surface area contributed by atoms with Gasteiger partial charge in [-0.25, -0.2) is 0 Å². The zero-order chi connectivity index (χ0) is 24.1. The first-order valence-corrected chi connectivity index (χ1v) is 10.9. The summed E-state index contributed by atoms with van der Waals surface area (Å²) in [6.07, 6.45) is -4.41. The summed E-state index contributed by atoms with van der Waals surface area (Å²) < 4.78 is 38.7.